The van der Waals surface area contributed by atoms with Gasteiger partial charge in [0.2, 0.25) is 5.91 Å². The number of thioether (sulfide) groups is 1. The standard InChI is InChI=1S/C17H15F2N5O2S/c1-23-7-3-4-11(16(23)26)15-21-22-17(24(15)2)27-9-14(25)20-13-6-5-10(18)8-12(13)19/h3-8H,9H2,1-2H3,(H,20,25). The number of halogens is 2. The van der Waals surface area contributed by atoms with Crippen molar-refractivity contribution in [2.75, 3.05) is 11.1 Å². The Kier molecular flexibility index (Phi) is 5.36. The van der Waals surface area contributed by atoms with Crippen LogP contribution >= 0.6 is 11.8 Å². The molecule has 1 amide bonds. The minimum absolute atomic E-state index is 0.0599. The van der Waals surface area contributed by atoms with Gasteiger partial charge in [0.05, 0.1) is 17.0 Å². The smallest absolute Gasteiger partial charge is 0.261 e. The van der Waals surface area contributed by atoms with Crippen LogP contribution in [0, 0.1) is 11.6 Å². The number of rotatable bonds is 5. The lowest BCUT2D eigenvalue weighted by molar-refractivity contribution is -0.113. The molecule has 10 heteroatoms. The van der Waals surface area contributed by atoms with Crippen molar-refractivity contribution >= 4 is 23.4 Å². The van der Waals surface area contributed by atoms with Gasteiger partial charge in [-0.15, -0.1) is 10.2 Å². The number of nitrogens with zero attached hydrogens (tertiary/aromatic N) is 4. The number of pyridine rings is 1. The van der Waals surface area contributed by atoms with Gasteiger partial charge in [0.1, 0.15) is 11.6 Å². The van der Waals surface area contributed by atoms with Gasteiger partial charge in [-0.25, -0.2) is 8.78 Å². The molecule has 0 aliphatic carbocycles. The number of amides is 1. The third-order valence-electron chi connectivity index (χ3n) is 3.74. The highest BCUT2D eigenvalue weighted by Gasteiger charge is 2.16. The fraction of sp³-hybridized carbons (Fsp3) is 0.176. The molecule has 0 atom stereocenters. The second-order valence-electron chi connectivity index (χ2n) is 5.66. The van der Waals surface area contributed by atoms with Crippen LogP contribution in [0.5, 0.6) is 0 Å². The Morgan fingerprint density at radius 2 is 2.00 bits per heavy atom. The number of aryl methyl sites for hydroxylation is 1. The maximum atomic E-state index is 13.6. The van der Waals surface area contributed by atoms with E-state index in [0.717, 1.165) is 23.9 Å². The summed E-state index contributed by atoms with van der Waals surface area (Å²) < 4.78 is 29.5. The molecule has 27 heavy (non-hydrogen) atoms. The number of nitrogens with one attached hydrogen (secondary N) is 1. The van der Waals surface area contributed by atoms with E-state index < -0.39 is 17.5 Å². The van der Waals surface area contributed by atoms with Gasteiger partial charge >= 0.3 is 0 Å². The maximum absolute atomic E-state index is 13.6. The van der Waals surface area contributed by atoms with Crippen molar-refractivity contribution in [1.82, 2.24) is 19.3 Å². The first kappa shape index (κ1) is 18.8. The zero-order valence-corrected chi connectivity index (χ0v) is 15.3. The van der Waals surface area contributed by atoms with Gasteiger partial charge in [0.25, 0.3) is 5.56 Å². The summed E-state index contributed by atoms with van der Waals surface area (Å²) in [4.78, 5) is 24.2. The summed E-state index contributed by atoms with van der Waals surface area (Å²) in [5.74, 6) is -1.74. The van der Waals surface area contributed by atoms with Crippen LogP contribution in [0.15, 0.2) is 46.5 Å². The van der Waals surface area contributed by atoms with Crippen LogP contribution in [-0.4, -0.2) is 31.0 Å². The van der Waals surface area contributed by atoms with Crippen LogP contribution < -0.4 is 10.9 Å². The molecule has 0 fully saturated rings. The Labute approximate surface area is 157 Å². The molecule has 3 aromatic rings. The van der Waals surface area contributed by atoms with E-state index in [-0.39, 0.29) is 17.0 Å². The highest BCUT2D eigenvalue weighted by Crippen LogP contribution is 2.21. The van der Waals surface area contributed by atoms with Crippen LogP contribution in [0.3, 0.4) is 0 Å². The van der Waals surface area contributed by atoms with Gasteiger partial charge in [-0.1, -0.05) is 11.8 Å². The monoisotopic (exact) mass is 391 g/mol. The molecule has 0 saturated carbocycles. The topological polar surface area (TPSA) is 81.8 Å². The SMILES string of the molecule is Cn1c(SCC(=O)Nc2ccc(F)cc2F)nnc1-c1cccn(C)c1=O. The van der Waals surface area contributed by atoms with Gasteiger partial charge in [0.15, 0.2) is 11.0 Å². The van der Waals surface area contributed by atoms with Gasteiger partial charge in [-0.05, 0) is 24.3 Å². The van der Waals surface area contributed by atoms with E-state index in [1.54, 1.807) is 37.0 Å². The number of benzene rings is 1. The quantitative estimate of drug-likeness (QED) is 0.675. The summed E-state index contributed by atoms with van der Waals surface area (Å²) in [5.41, 5.74) is 0.0715. The van der Waals surface area contributed by atoms with Gasteiger partial charge in [-0.3, -0.25) is 9.59 Å². The lowest BCUT2D eigenvalue weighted by Gasteiger charge is -2.07. The number of hydrogen-bond acceptors (Lipinski definition) is 5. The highest BCUT2D eigenvalue weighted by molar-refractivity contribution is 7.99. The van der Waals surface area contributed by atoms with Crippen molar-refractivity contribution in [3.05, 3.63) is 58.5 Å². The minimum Gasteiger partial charge on any atom is -0.323 e. The Bertz CT molecular complexity index is 1060. The predicted molar refractivity (Wildman–Crippen MR) is 97.4 cm³/mol. The summed E-state index contributed by atoms with van der Waals surface area (Å²) in [6.07, 6.45) is 1.64. The first-order chi connectivity index (χ1) is 12.9. The molecule has 1 N–H and O–H groups in total. The Morgan fingerprint density at radius 3 is 2.74 bits per heavy atom. The summed E-state index contributed by atoms with van der Waals surface area (Å²) in [6, 6.07) is 6.27. The lowest BCUT2D eigenvalue weighted by Crippen LogP contribution is -2.18. The molecule has 7 nitrogen and oxygen atoms in total. The van der Waals surface area contributed by atoms with Crippen molar-refractivity contribution in [2.45, 2.75) is 5.16 Å². The van der Waals surface area contributed by atoms with Crippen molar-refractivity contribution < 1.29 is 13.6 Å². The zero-order chi connectivity index (χ0) is 19.6. The highest BCUT2D eigenvalue weighted by atomic mass is 32.2. The molecular formula is C17H15F2N5O2S. The molecule has 0 bridgehead atoms. The molecule has 0 aliphatic heterocycles. The molecule has 2 aromatic heterocycles. The normalized spacial score (nSPS) is 10.8. The van der Waals surface area contributed by atoms with Crippen molar-refractivity contribution in [2.24, 2.45) is 14.1 Å². The second kappa shape index (κ2) is 7.70. The fourth-order valence-electron chi connectivity index (χ4n) is 2.35. The molecular weight excluding hydrogens is 376 g/mol. The van der Waals surface area contributed by atoms with Gasteiger partial charge in [-0.2, -0.15) is 0 Å². The van der Waals surface area contributed by atoms with Crippen molar-refractivity contribution in [3.8, 4) is 11.4 Å². The second-order valence-corrected chi connectivity index (χ2v) is 6.61. The average Bonchev–Trinajstić information content (AvgIpc) is 2.98. The molecule has 140 valence electrons. The van der Waals surface area contributed by atoms with E-state index in [4.69, 9.17) is 0 Å². The average molecular weight is 391 g/mol. The molecule has 1 aromatic carbocycles. The molecule has 3 rings (SSSR count). The van der Waals surface area contributed by atoms with E-state index >= 15 is 0 Å². The summed E-state index contributed by atoms with van der Waals surface area (Å²) in [5, 5.41) is 10.8. The third-order valence-corrected chi connectivity index (χ3v) is 4.76. The number of aromatic nitrogens is 4. The molecule has 0 unspecified atom stereocenters. The first-order valence-corrected chi connectivity index (χ1v) is 8.78. The van der Waals surface area contributed by atoms with Crippen molar-refractivity contribution in [1.29, 1.82) is 0 Å². The molecule has 0 radical (unpaired) electrons. The number of anilines is 1. The van der Waals surface area contributed by atoms with Gasteiger partial charge < -0.3 is 14.5 Å². The largest absolute Gasteiger partial charge is 0.323 e. The number of hydrogen-bond donors (Lipinski definition) is 1. The third kappa shape index (κ3) is 4.05. The van der Waals surface area contributed by atoms with Crippen LogP contribution in [0.1, 0.15) is 0 Å². The van der Waals surface area contributed by atoms with E-state index in [2.05, 4.69) is 15.5 Å². The number of carbonyl (C=O) groups excluding carboxylic acids is 1. The molecule has 2 heterocycles. The fourth-order valence-corrected chi connectivity index (χ4v) is 3.06. The summed E-state index contributed by atoms with van der Waals surface area (Å²) >= 11 is 1.08. The molecule has 0 spiro atoms. The van der Waals surface area contributed by atoms with Crippen LogP contribution in [0.4, 0.5) is 14.5 Å². The van der Waals surface area contributed by atoms with Crippen LogP contribution in [0.2, 0.25) is 0 Å². The zero-order valence-electron chi connectivity index (χ0n) is 14.4. The Hall–Kier alpha value is -3.01. The summed E-state index contributed by atoms with van der Waals surface area (Å²) in [6.45, 7) is 0. The van der Waals surface area contributed by atoms with Gasteiger partial charge in [0, 0.05) is 26.4 Å². The Morgan fingerprint density at radius 1 is 1.22 bits per heavy atom. The molecule has 0 saturated heterocycles. The summed E-state index contributed by atoms with van der Waals surface area (Å²) in [7, 11) is 3.32. The van der Waals surface area contributed by atoms with Crippen molar-refractivity contribution in [3.63, 3.8) is 0 Å². The first-order valence-electron chi connectivity index (χ1n) is 7.80. The predicted octanol–water partition coefficient (Wildman–Crippen LogP) is 2.19. The van der Waals surface area contributed by atoms with E-state index in [1.165, 1.54) is 4.57 Å². The minimum atomic E-state index is -0.853. The maximum Gasteiger partial charge on any atom is 0.261 e. The van der Waals surface area contributed by atoms with E-state index in [9.17, 15) is 18.4 Å². The van der Waals surface area contributed by atoms with E-state index in [1.807, 2.05) is 0 Å². The molecule has 0 aliphatic rings. The van der Waals surface area contributed by atoms with Crippen LogP contribution in [0.25, 0.3) is 11.4 Å². The van der Waals surface area contributed by atoms with Crippen LogP contribution in [-0.2, 0) is 18.9 Å². The lowest BCUT2D eigenvalue weighted by atomic mass is 10.2. The number of carbonyl (C=O) groups is 1. The van der Waals surface area contributed by atoms with E-state index in [0.29, 0.717) is 22.6 Å². The Balaban J connectivity index is 1.70.